The van der Waals surface area contributed by atoms with Gasteiger partial charge >= 0.3 is 0 Å². The second-order valence-electron chi connectivity index (χ2n) is 9.77. The van der Waals surface area contributed by atoms with Crippen LogP contribution in [0.2, 0.25) is 0 Å². The van der Waals surface area contributed by atoms with Crippen molar-refractivity contribution < 1.29 is 13.5 Å². The van der Waals surface area contributed by atoms with Crippen molar-refractivity contribution in [2.75, 3.05) is 36.5 Å². The fraction of sp³-hybridized carbons (Fsp3) is 0.286. The maximum absolute atomic E-state index is 14.1. The summed E-state index contributed by atoms with van der Waals surface area (Å²) < 4.78 is 35.1. The van der Waals surface area contributed by atoms with Gasteiger partial charge in [0.05, 0.1) is 29.8 Å². The molecule has 5 aromatic rings. The average Bonchev–Trinajstić information content (AvgIpc) is 3.33. The van der Waals surface area contributed by atoms with E-state index in [1.54, 1.807) is 24.3 Å². The van der Waals surface area contributed by atoms with E-state index in [0.717, 1.165) is 16.3 Å². The fourth-order valence-corrected chi connectivity index (χ4v) is 4.75. The molecular formula is C28H27F2N7O. The third kappa shape index (κ3) is 4.51. The molecule has 1 fully saturated rings. The Balaban J connectivity index is 1.46. The summed E-state index contributed by atoms with van der Waals surface area (Å²) in [7, 11) is 0. The number of hydrogen-bond acceptors (Lipinski definition) is 7. The van der Waals surface area contributed by atoms with E-state index in [4.69, 9.17) is 9.72 Å². The molecule has 194 valence electrons. The van der Waals surface area contributed by atoms with Crippen molar-refractivity contribution in [2.45, 2.75) is 25.8 Å². The number of fused-ring (bicyclic) bond motifs is 2. The number of ether oxygens (including phenoxy) is 1. The summed E-state index contributed by atoms with van der Waals surface area (Å²) in [5, 5.41) is 5.71. The van der Waals surface area contributed by atoms with E-state index in [9.17, 15) is 8.78 Å². The molecule has 0 atom stereocenters. The van der Waals surface area contributed by atoms with Gasteiger partial charge in [-0.15, -0.1) is 0 Å². The quantitative estimate of drug-likeness (QED) is 0.321. The van der Waals surface area contributed by atoms with Crippen molar-refractivity contribution in [3.05, 3.63) is 78.1 Å². The van der Waals surface area contributed by atoms with Crippen LogP contribution < -0.4 is 10.2 Å². The van der Waals surface area contributed by atoms with Crippen molar-refractivity contribution in [1.29, 1.82) is 0 Å². The molecule has 6 rings (SSSR count). The highest BCUT2D eigenvalue weighted by molar-refractivity contribution is 5.83. The summed E-state index contributed by atoms with van der Waals surface area (Å²) in [5.41, 5.74) is 1.41. The Morgan fingerprint density at radius 2 is 1.55 bits per heavy atom. The van der Waals surface area contributed by atoms with Gasteiger partial charge in [0.25, 0.3) is 6.43 Å². The Kier molecular flexibility index (Phi) is 6.11. The van der Waals surface area contributed by atoms with E-state index in [1.807, 2.05) is 30.9 Å². The van der Waals surface area contributed by atoms with Gasteiger partial charge in [-0.2, -0.15) is 15.0 Å². The van der Waals surface area contributed by atoms with E-state index in [-0.39, 0.29) is 11.9 Å². The van der Waals surface area contributed by atoms with Gasteiger partial charge in [0, 0.05) is 13.1 Å². The lowest BCUT2D eigenvalue weighted by atomic mass is 9.92. The summed E-state index contributed by atoms with van der Waals surface area (Å²) in [6.45, 7) is 6.30. The van der Waals surface area contributed by atoms with Crippen LogP contribution in [0.4, 0.5) is 20.7 Å². The molecule has 10 heteroatoms. The highest BCUT2D eigenvalue weighted by Crippen LogP contribution is 2.30. The van der Waals surface area contributed by atoms with Crippen LogP contribution in [0.5, 0.6) is 0 Å². The first-order chi connectivity index (χ1) is 18.4. The number of nitrogens with zero attached hydrogens (tertiary/aromatic N) is 6. The topological polar surface area (TPSA) is 81.0 Å². The number of halogens is 2. The van der Waals surface area contributed by atoms with E-state index >= 15 is 0 Å². The predicted molar refractivity (Wildman–Crippen MR) is 143 cm³/mol. The smallest absolute Gasteiger partial charge is 0.296 e. The second-order valence-corrected chi connectivity index (χ2v) is 9.77. The SMILES string of the molecule is CC(C)(Nc1nc(N2CCOCC2)nc(-n2c(C(F)F)nc3ccccc32)n1)c1ccc2ccccc2c1. The number of hydrogen-bond donors (Lipinski definition) is 1. The Labute approximate surface area is 218 Å². The van der Waals surface area contributed by atoms with E-state index in [2.05, 4.69) is 50.6 Å². The largest absolute Gasteiger partial charge is 0.378 e. The predicted octanol–water partition coefficient (Wildman–Crippen LogP) is 5.49. The molecule has 0 saturated carbocycles. The van der Waals surface area contributed by atoms with Crippen molar-refractivity contribution in [3.63, 3.8) is 0 Å². The molecule has 1 aliphatic rings. The minimum absolute atomic E-state index is 0.0855. The molecule has 1 aliphatic heterocycles. The molecule has 1 N–H and O–H groups in total. The molecule has 0 spiro atoms. The van der Waals surface area contributed by atoms with E-state index < -0.39 is 17.8 Å². The summed E-state index contributed by atoms with van der Waals surface area (Å²) in [4.78, 5) is 20.1. The maximum atomic E-state index is 14.1. The first kappa shape index (κ1) is 24.2. The first-order valence-electron chi connectivity index (χ1n) is 12.5. The summed E-state index contributed by atoms with van der Waals surface area (Å²) in [5.74, 6) is 0.355. The third-order valence-electron chi connectivity index (χ3n) is 6.78. The monoisotopic (exact) mass is 515 g/mol. The lowest BCUT2D eigenvalue weighted by molar-refractivity contribution is 0.122. The average molecular weight is 516 g/mol. The third-order valence-corrected chi connectivity index (χ3v) is 6.78. The number of imidazole rings is 1. The van der Waals surface area contributed by atoms with Gasteiger partial charge in [-0.1, -0.05) is 48.5 Å². The lowest BCUT2D eigenvalue weighted by Crippen LogP contribution is -2.38. The zero-order valence-electron chi connectivity index (χ0n) is 21.1. The van der Waals surface area contributed by atoms with E-state index in [0.29, 0.717) is 43.3 Å². The first-order valence-corrected chi connectivity index (χ1v) is 12.5. The van der Waals surface area contributed by atoms with Gasteiger partial charge in [0.2, 0.25) is 17.8 Å². The molecule has 0 radical (unpaired) electrons. The molecule has 0 bridgehead atoms. The Hall–Kier alpha value is -4.18. The molecule has 0 unspecified atom stereocenters. The number of aromatic nitrogens is 5. The highest BCUT2D eigenvalue weighted by atomic mass is 19.3. The summed E-state index contributed by atoms with van der Waals surface area (Å²) in [6.07, 6.45) is -2.81. The standard InChI is InChI=1S/C28H27F2N7O/c1-28(2,20-12-11-18-7-3-4-8-19(18)17-20)35-25-32-26(36-13-15-38-16-14-36)34-27(33-25)37-22-10-6-5-9-21(22)31-24(37)23(29)30/h3-12,17,23H,13-16H2,1-2H3,(H,32,33,34,35). The van der Waals surface area contributed by atoms with Crippen LogP contribution in [-0.2, 0) is 10.3 Å². The van der Waals surface area contributed by atoms with Gasteiger partial charge in [0.15, 0.2) is 5.82 Å². The van der Waals surface area contributed by atoms with Gasteiger partial charge in [-0.3, -0.25) is 4.57 Å². The van der Waals surface area contributed by atoms with Crippen molar-refractivity contribution in [3.8, 4) is 5.95 Å². The normalized spacial score (nSPS) is 14.5. The second kappa shape index (κ2) is 9.60. The molecule has 0 amide bonds. The van der Waals surface area contributed by atoms with Gasteiger partial charge < -0.3 is 15.0 Å². The number of nitrogens with one attached hydrogen (secondary N) is 1. The lowest BCUT2D eigenvalue weighted by Gasteiger charge is -2.30. The van der Waals surface area contributed by atoms with Crippen LogP contribution in [0, 0.1) is 0 Å². The number of alkyl halides is 2. The number of benzene rings is 3. The highest BCUT2D eigenvalue weighted by Gasteiger charge is 2.27. The number of anilines is 2. The molecular weight excluding hydrogens is 488 g/mol. The van der Waals surface area contributed by atoms with Crippen LogP contribution in [0.25, 0.3) is 27.8 Å². The Morgan fingerprint density at radius 1 is 0.842 bits per heavy atom. The molecule has 2 aromatic heterocycles. The molecule has 0 aliphatic carbocycles. The fourth-order valence-electron chi connectivity index (χ4n) is 4.75. The van der Waals surface area contributed by atoms with Crippen LogP contribution in [0.1, 0.15) is 31.7 Å². The van der Waals surface area contributed by atoms with Gasteiger partial charge in [-0.05, 0) is 48.4 Å². The zero-order chi connectivity index (χ0) is 26.3. The number of para-hydroxylation sites is 2. The van der Waals surface area contributed by atoms with Crippen LogP contribution in [0.15, 0.2) is 66.7 Å². The van der Waals surface area contributed by atoms with Crippen LogP contribution >= 0.6 is 0 Å². The van der Waals surface area contributed by atoms with Crippen LogP contribution in [-0.4, -0.2) is 50.8 Å². The number of rotatable bonds is 6. The van der Waals surface area contributed by atoms with Crippen molar-refractivity contribution in [1.82, 2.24) is 24.5 Å². The summed E-state index contributed by atoms with van der Waals surface area (Å²) in [6, 6.07) is 21.4. The van der Waals surface area contributed by atoms with Crippen LogP contribution in [0.3, 0.4) is 0 Å². The molecule has 1 saturated heterocycles. The molecule has 8 nitrogen and oxygen atoms in total. The number of morpholine rings is 1. The minimum atomic E-state index is -2.81. The van der Waals surface area contributed by atoms with Gasteiger partial charge in [-0.25, -0.2) is 13.8 Å². The Bertz CT molecular complexity index is 1610. The minimum Gasteiger partial charge on any atom is -0.378 e. The maximum Gasteiger partial charge on any atom is 0.296 e. The van der Waals surface area contributed by atoms with Crippen molar-refractivity contribution in [2.24, 2.45) is 0 Å². The van der Waals surface area contributed by atoms with Crippen molar-refractivity contribution >= 4 is 33.7 Å². The molecule has 38 heavy (non-hydrogen) atoms. The molecule has 3 aromatic carbocycles. The molecule has 3 heterocycles. The summed E-state index contributed by atoms with van der Waals surface area (Å²) >= 11 is 0. The van der Waals surface area contributed by atoms with E-state index in [1.165, 1.54) is 4.57 Å². The van der Waals surface area contributed by atoms with Gasteiger partial charge in [0.1, 0.15) is 0 Å². The zero-order valence-corrected chi connectivity index (χ0v) is 21.1. The Morgan fingerprint density at radius 3 is 2.34 bits per heavy atom.